The molecule has 0 unspecified atom stereocenters. The van der Waals surface area contributed by atoms with Gasteiger partial charge in [-0.15, -0.1) is 5.10 Å². The zero-order valence-electron chi connectivity index (χ0n) is 14.9. The van der Waals surface area contributed by atoms with Crippen molar-refractivity contribution in [1.29, 1.82) is 0 Å². The van der Waals surface area contributed by atoms with Crippen LogP contribution >= 0.6 is 0 Å². The number of hydrogen-bond donors (Lipinski definition) is 1. The van der Waals surface area contributed by atoms with Gasteiger partial charge in [-0.05, 0) is 56.2 Å². The number of anilines is 4. The Hall–Kier alpha value is -3.15. The van der Waals surface area contributed by atoms with Crippen LogP contribution in [0.5, 0.6) is 5.75 Å². The lowest BCUT2D eigenvalue weighted by atomic mass is 10.2. The minimum Gasteiger partial charge on any atom is -0.491 e. The van der Waals surface area contributed by atoms with Gasteiger partial charge in [-0.3, -0.25) is 0 Å². The van der Waals surface area contributed by atoms with Gasteiger partial charge in [-0.2, -0.15) is 10.1 Å². The highest BCUT2D eigenvalue weighted by molar-refractivity contribution is 5.67. The lowest BCUT2D eigenvalue weighted by molar-refractivity contribution is 0.242. The molecule has 0 atom stereocenters. The molecular formula is C20H21N5O. The van der Waals surface area contributed by atoms with Crippen LogP contribution in [0.2, 0.25) is 0 Å². The molecule has 0 fully saturated rings. The van der Waals surface area contributed by atoms with Gasteiger partial charge in [0.1, 0.15) is 5.75 Å². The molecule has 3 aromatic rings. The highest BCUT2D eigenvalue weighted by atomic mass is 16.5. The van der Waals surface area contributed by atoms with E-state index in [2.05, 4.69) is 43.6 Å². The van der Waals surface area contributed by atoms with Crippen LogP contribution in [0.15, 0.2) is 54.7 Å². The van der Waals surface area contributed by atoms with Crippen molar-refractivity contribution in [2.24, 2.45) is 0 Å². The lowest BCUT2D eigenvalue weighted by Gasteiger charge is -2.18. The summed E-state index contributed by atoms with van der Waals surface area (Å²) in [6.07, 6.45) is 2.87. The Kier molecular flexibility index (Phi) is 4.39. The molecule has 0 spiro atoms. The second-order valence-electron chi connectivity index (χ2n) is 6.48. The Labute approximate surface area is 152 Å². The Balaban J connectivity index is 1.52. The summed E-state index contributed by atoms with van der Waals surface area (Å²) in [5.41, 5.74) is 3.41. The van der Waals surface area contributed by atoms with Crippen molar-refractivity contribution in [3.8, 4) is 5.75 Å². The van der Waals surface area contributed by atoms with E-state index in [1.165, 1.54) is 11.3 Å². The molecule has 2 heterocycles. The van der Waals surface area contributed by atoms with Gasteiger partial charge in [-0.1, -0.05) is 18.2 Å². The minimum absolute atomic E-state index is 0.154. The number of rotatable bonds is 5. The van der Waals surface area contributed by atoms with Crippen LogP contribution in [0.1, 0.15) is 19.4 Å². The summed E-state index contributed by atoms with van der Waals surface area (Å²) in [6, 6.07) is 16.1. The van der Waals surface area contributed by atoms with Gasteiger partial charge in [0, 0.05) is 17.9 Å². The van der Waals surface area contributed by atoms with Gasteiger partial charge < -0.3 is 15.0 Å². The van der Waals surface area contributed by atoms with Crippen molar-refractivity contribution in [3.05, 3.63) is 60.3 Å². The van der Waals surface area contributed by atoms with Crippen LogP contribution in [0.25, 0.3) is 0 Å². The molecule has 1 N–H and O–H groups in total. The summed E-state index contributed by atoms with van der Waals surface area (Å²) < 4.78 is 5.66. The van der Waals surface area contributed by atoms with Crippen molar-refractivity contribution in [3.63, 3.8) is 0 Å². The van der Waals surface area contributed by atoms with E-state index >= 15 is 0 Å². The van der Waals surface area contributed by atoms with Crippen LogP contribution in [-0.2, 0) is 6.42 Å². The van der Waals surface area contributed by atoms with Gasteiger partial charge in [-0.25, -0.2) is 0 Å². The number of hydrogen-bond acceptors (Lipinski definition) is 6. The molecule has 6 nitrogen and oxygen atoms in total. The molecule has 1 aliphatic rings. The van der Waals surface area contributed by atoms with Crippen molar-refractivity contribution in [2.75, 3.05) is 16.8 Å². The molecule has 0 bridgehead atoms. The molecule has 4 rings (SSSR count). The Morgan fingerprint density at radius 1 is 1.08 bits per heavy atom. The first-order valence-electron chi connectivity index (χ1n) is 8.78. The largest absolute Gasteiger partial charge is 0.491 e. The SMILES string of the molecule is CC(C)Oc1ccc(Nc2nncc(N3CCc4ccccc43)n2)cc1. The van der Waals surface area contributed by atoms with E-state index < -0.39 is 0 Å². The fourth-order valence-corrected chi connectivity index (χ4v) is 3.07. The van der Waals surface area contributed by atoms with E-state index in [9.17, 15) is 0 Å². The van der Waals surface area contributed by atoms with Crippen LogP contribution in [0.3, 0.4) is 0 Å². The molecular weight excluding hydrogens is 326 g/mol. The summed E-state index contributed by atoms with van der Waals surface area (Å²) in [5, 5.41) is 11.4. The fourth-order valence-electron chi connectivity index (χ4n) is 3.07. The third-order valence-electron chi connectivity index (χ3n) is 4.19. The van der Waals surface area contributed by atoms with Gasteiger partial charge >= 0.3 is 0 Å². The zero-order chi connectivity index (χ0) is 17.9. The molecule has 0 saturated heterocycles. The van der Waals surface area contributed by atoms with Crippen molar-refractivity contribution in [2.45, 2.75) is 26.4 Å². The van der Waals surface area contributed by atoms with Crippen LogP contribution < -0.4 is 15.0 Å². The van der Waals surface area contributed by atoms with E-state index in [0.29, 0.717) is 5.95 Å². The van der Waals surface area contributed by atoms with E-state index in [0.717, 1.165) is 30.2 Å². The van der Waals surface area contributed by atoms with E-state index in [1.54, 1.807) is 6.20 Å². The van der Waals surface area contributed by atoms with E-state index in [-0.39, 0.29) is 6.10 Å². The standard InChI is InChI=1S/C20H21N5O/c1-14(2)26-17-9-7-16(8-10-17)22-20-23-19(13-21-24-20)25-12-11-15-5-3-4-6-18(15)25/h3-10,13-14H,11-12H2,1-2H3,(H,22,23,24). The molecule has 132 valence electrons. The second-order valence-corrected chi connectivity index (χ2v) is 6.48. The molecule has 1 aromatic heterocycles. The van der Waals surface area contributed by atoms with Crippen molar-refractivity contribution >= 4 is 23.1 Å². The number of aromatic nitrogens is 3. The maximum atomic E-state index is 5.66. The smallest absolute Gasteiger partial charge is 0.249 e. The number of nitrogens with one attached hydrogen (secondary N) is 1. The van der Waals surface area contributed by atoms with Crippen LogP contribution in [0, 0.1) is 0 Å². The third kappa shape index (κ3) is 3.44. The predicted molar refractivity (Wildman–Crippen MR) is 102 cm³/mol. The number of ether oxygens (including phenoxy) is 1. The minimum atomic E-state index is 0.154. The normalized spacial score (nSPS) is 13.0. The maximum absolute atomic E-state index is 5.66. The monoisotopic (exact) mass is 347 g/mol. The Bertz CT molecular complexity index is 895. The number of nitrogens with zero attached hydrogens (tertiary/aromatic N) is 4. The van der Waals surface area contributed by atoms with Crippen LogP contribution in [-0.4, -0.2) is 27.8 Å². The number of benzene rings is 2. The highest BCUT2D eigenvalue weighted by Gasteiger charge is 2.21. The summed E-state index contributed by atoms with van der Waals surface area (Å²) in [5.74, 6) is 2.11. The molecule has 0 radical (unpaired) electrons. The summed E-state index contributed by atoms with van der Waals surface area (Å²) >= 11 is 0. The first-order valence-corrected chi connectivity index (χ1v) is 8.78. The first-order chi connectivity index (χ1) is 12.7. The van der Waals surface area contributed by atoms with Gasteiger partial charge in [0.05, 0.1) is 12.3 Å². The summed E-state index contributed by atoms with van der Waals surface area (Å²) in [7, 11) is 0. The van der Waals surface area contributed by atoms with E-state index in [1.807, 2.05) is 44.2 Å². The Morgan fingerprint density at radius 3 is 2.69 bits per heavy atom. The molecule has 2 aromatic carbocycles. The van der Waals surface area contributed by atoms with Gasteiger partial charge in [0.2, 0.25) is 5.95 Å². The maximum Gasteiger partial charge on any atom is 0.249 e. The molecule has 0 amide bonds. The van der Waals surface area contributed by atoms with Crippen molar-refractivity contribution < 1.29 is 4.74 Å². The summed E-state index contributed by atoms with van der Waals surface area (Å²) in [4.78, 5) is 6.81. The lowest BCUT2D eigenvalue weighted by Crippen LogP contribution is -2.16. The molecule has 0 aliphatic carbocycles. The van der Waals surface area contributed by atoms with Crippen LogP contribution in [0.4, 0.5) is 23.1 Å². The first kappa shape index (κ1) is 16.3. The Morgan fingerprint density at radius 2 is 1.88 bits per heavy atom. The van der Waals surface area contributed by atoms with Gasteiger partial charge in [0.25, 0.3) is 0 Å². The third-order valence-corrected chi connectivity index (χ3v) is 4.19. The quantitative estimate of drug-likeness (QED) is 0.750. The topological polar surface area (TPSA) is 63.2 Å². The van der Waals surface area contributed by atoms with Crippen molar-refractivity contribution in [1.82, 2.24) is 15.2 Å². The molecule has 26 heavy (non-hydrogen) atoms. The number of para-hydroxylation sites is 1. The number of fused-ring (bicyclic) bond motifs is 1. The highest BCUT2D eigenvalue weighted by Crippen LogP contribution is 2.33. The summed E-state index contributed by atoms with van der Waals surface area (Å²) in [6.45, 7) is 4.92. The average Bonchev–Trinajstić information content (AvgIpc) is 3.07. The average molecular weight is 347 g/mol. The fraction of sp³-hybridized carbons (Fsp3) is 0.250. The molecule has 0 saturated carbocycles. The zero-order valence-corrected chi connectivity index (χ0v) is 14.9. The molecule has 6 heteroatoms. The predicted octanol–water partition coefficient (Wildman–Crippen LogP) is 4.10. The second kappa shape index (κ2) is 7.00. The van der Waals surface area contributed by atoms with Gasteiger partial charge in [0.15, 0.2) is 5.82 Å². The molecule has 1 aliphatic heterocycles. The van der Waals surface area contributed by atoms with E-state index in [4.69, 9.17) is 4.74 Å².